The summed E-state index contributed by atoms with van der Waals surface area (Å²) in [6, 6.07) is 4.13. The molecule has 3 N–H and O–H groups in total. The van der Waals surface area contributed by atoms with Crippen LogP contribution in [0.5, 0.6) is 0 Å². The molecule has 0 aliphatic carbocycles. The van der Waals surface area contributed by atoms with Crippen LogP contribution >= 0.6 is 11.8 Å². The highest BCUT2D eigenvalue weighted by Gasteiger charge is 2.02. The fourth-order valence-corrected chi connectivity index (χ4v) is 1.66. The summed E-state index contributed by atoms with van der Waals surface area (Å²) >= 11 is 1.89. The molecule has 1 rings (SSSR count). The van der Waals surface area contributed by atoms with Crippen LogP contribution in [0, 0.1) is 0 Å². The first-order chi connectivity index (χ1) is 6.22. The van der Waals surface area contributed by atoms with Gasteiger partial charge in [-0.1, -0.05) is 6.92 Å². The Labute approximate surface area is 90.4 Å². The van der Waals surface area contributed by atoms with E-state index in [-0.39, 0.29) is 6.15 Å². The quantitative estimate of drug-likeness (QED) is 0.822. The van der Waals surface area contributed by atoms with Crippen molar-refractivity contribution in [3.8, 4) is 0 Å². The van der Waals surface area contributed by atoms with Crippen LogP contribution in [0.25, 0.3) is 0 Å². The van der Waals surface area contributed by atoms with Crippen LogP contribution in [0.1, 0.15) is 18.4 Å². The normalized spacial score (nSPS) is 10.3. The number of furan rings is 1. The van der Waals surface area contributed by atoms with Gasteiger partial charge in [-0.25, -0.2) is 0 Å². The molecular formula is C10H20N2OS. The number of rotatable bonds is 5. The summed E-state index contributed by atoms with van der Waals surface area (Å²) < 4.78 is 5.63. The van der Waals surface area contributed by atoms with Gasteiger partial charge in [0.15, 0.2) is 0 Å². The number of thioether (sulfide) groups is 1. The van der Waals surface area contributed by atoms with Gasteiger partial charge in [-0.2, -0.15) is 11.8 Å². The van der Waals surface area contributed by atoms with Crippen LogP contribution in [0.15, 0.2) is 16.5 Å². The van der Waals surface area contributed by atoms with E-state index in [1.54, 1.807) is 0 Å². The third kappa shape index (κ3) is 4.69. The maximum absolute atomic E-state index is 5.63. The van der Waals surface area contributed by atoms with Crippen LogP contribution in [0.3, 0.4) is 0 Å². The van der Waals surface area contributed by atoms with Crippen molar-refractivity contribution in [2.75, 3.05) is 19.8 Å². The second-order valence-corrected chi connectivity index (χ2v) is 4.52. The summed E-state index contributed by atoms with van der Waals surface area (Å²) in [6.07, 6.45) is 0. The van der Waals surface area contributed by atoms with Crippen molar-refractivity contribution in [2.45, 2.75) is 19.2 Å². The van der Waals surface area contributed by atoms with Gasteiger partial charge in [0.05, 0.1) is 12.3 Å². The molecule has 0 bridgehead atoms. The Bertz CT molecular complexity index is 248. The molecule has 14 heavy (non-hydrogen) atoms. The highest BCUT2D eigenvalue weighted by molar-refractivity contribution is 7.98. The Kier molecular flexibility index (Phi) is 6.70. The first-order valence-electron chi connectivity index (χ1n) is 4.52. The van der Waals surface area contributed by atoms with E-state index in [2.05, 4.69) is 24.0 Å². The van der Waals surface area contributed by atoms with Crippen LogP contribution < -0.4 is 6.15 Å². The standard InChI is InChI=1S/C10H17NOS.H3N/c1-4-13-8-10-6-5-9(12-10)7-11(2)3;/h5-6H,4,7-8H2,1-3H3;1H3. The van der Waals surface area contributed by atoms with Gasteiger partial charge >= 0.3 is 0 Å². The molecule has 0 atom stereocenters. The van der Waals surface area contributed by atoms with E-state index in [1.165, 1.54) is 0 Å². The molecule has 0 saturated heterocycles. The predicted octanol–water partition coefficient (Wildman–Crippen LogP) is 2.76. The first-order valence-corrected chi connectivity index (χ1v) is 5.68. The van der Waals surface area contributed by atoms with Crippen molar-refractivity contribution in [1.29, 1.82) is 0 Å². The van der Waals surface area contributed by atoms with Crippen molar-refractivity contribution in [1.82, 2.24) is 11.1 Å². The summed E-state index contributed by atoms with van der Waals surface area (Å²) in [4.78, 5) is 2.11. The van der Waals surface area contributed by atoms with Gasteiger partial charge < -0.3 is 15.5 Å². The second-order valence-electron chi connectivity index (χ2n) is 3.24. The van der Waals surface area contributed by atoms with Crippen LogP contribution in [-0.2, 0) is 12.3 Å². The summed E-state index contributed by atoms with van der Waals surface area (Å²) in [5.41, 5.74) is 0. The molecule has 3 nitrogen and oxygen atoms in total. The van der Waals surface area contributed by atoms with Gasteiger partial charge in [-0.05, 0) is 32.0 Å². The molecule has 0 saturated carbocycles. The molecule has 0 amide bonds. The third-order valence-electron chi connectivity index (χ3n) is 1.64. The monoisotopic (exact) mass is 216 g/mol. The largest absolute Gasteiger partial charge is 0.464 e. The third-order valence-corrected chi connectivity index (χ3v) is 2.53. The Hall–Kier alpha value is -0.450. The highest BCUT2D eigenvalue weighted by Crippen LogP contribution is 2.15. The SMILES string of the molecule is CCSCc1ccc(CN(C)C)o1.N. The summed E-state index contributed by atoms with van der Waals surface area (Å²) in [5, 5.41) is 0. The zero-order valence-corrected chi connectivity index (χ0v) is 10.1. The molecule has 0 fully saturated rings. The molecule has 1 aromatic heterocycles. The molecule has 0 aromatic carbocycles. The van der Waals surface area contributed by atoms with Crippen molar-refractivity contribution in [3.05, 3.63) is 23.7 Å². The molecule has 0 aliphatic heterocycles. The van der Waals surface area contributed by atoms with Gasteiger partial charge in [0.2, 0.25) is 0 Å². The Morgan fingerprint density at radius 3 is 2.50 bits per heavy atom. The summed E-state index contributed by atoms with van der Waals surface area (Å²) in [7, 11) is 4.09. The first kappa shape index (κ1) is 13.5. The molecule has 1 aromatic rings. The highest BCUT2D eigenvalue weighted by atomic mass is 32.2. The average molecular weight is 216 g/mol. The van der Waals surface area contributed by atoms with E-state index in [9.17, 15) is 0 Å². The molecule has 0 spiro atoms. The maximum atomic E-state index is 5.63. The number of hydrogen-bond donors (Lipinski definition) is 1. The minimum absolute atomic E-state index is 0. The maximum Gasteiger partial charge on any atom is 0.118 e. The lowest BCUT2D eigenvalue weighted by molar-refractivity contribution is 0.344. The van der Waals surface area contributed by atoms with Gasteiger partial charge in [0.25, 0.3) is 0 Å². The van der Waals surface area contributed by atoms with Gasteiger partial charge in [-0.3, -0.25) is 0 Å². The predicted molar refractivity (Wildman–Crippen MR) is 63.0 cm³/mol. The molecule has 0 aliphatic rings. The number of hydrogen-bond acceptors (Lipinski definition) is 4. The van der Waals surface area contributed by atoms with Crippen molar-refractivity contribution in [3.63, 3.8) is 0 Å². The minimum Gasteiger partial charge on any atom is -0.464 e. The van der Waals surface area contributed by atoms with Gasteiger partial charge in [0.1, 0.15) is 11.5 Å². The molecule has 0 radical (unpaired) electrons. The van der Waals surface area contributed by atoms with E-state index < -0.39 is 0 Å². The molecule has 82 valence electrons. The van der Waals surface area contributed by atoms with Gasteiger partial charge in [-0.15, -0.1) is 0 Å². The Morgan fingerprint density at radius 1 is 1.29 bits per heavy atom. The lowest BCUT2D eigenvalue weighted by atomic mass is 10.4. The Balaban J connectivity index is 0.00000169. The van der Waals surface area contributed by atoms with Crippen LogP contribution in [-0.4, -0.2) is 24.7 Å². The topological polar surface area (TPSA) is 51.4 Å². The van der Waals surface area contributed by atoms with E-state index >= 15 is 0 Å². The molecule has 0 unspecified atom stereocenters. The van der Waals surface area contributed by atoms with Crippen LogP contribution in [0.2, 0.25) is 0 Å². The summed E-state index contributed by atoms with van der Waals surface area (Å²) in [5.74, 6) is 4.27. The second kappa shape index (κ2) is 6.92. The smallest absolute Gasteiger partial charge is 0.118 e. The zero-order chi connectivity index (χ0) is 9.68. The fourth-order valence-electron chi connectivity index (χ4n) is 1.10. The van der Waals surface area contributed by atoms with Crippen molar-refractivity contribution < 1.29 is 4.42 Å². The zero-order valence-electron chi connectivity index (χ0n) is 9.25. The lowest BCUT2D eigenvalue weighted by Crippen LogP contribution is -2.09. The number of nitrogens with zero attached hydrogens (tertiary/aromatic N) is 1. The molecule has 1 heterocycles. The average Bonchev–Trinajstić information content (AvgIpc) is 2.48. The van der Waals surface area contributed by atoms with E-state index in [1.807, 2.05) is 25.9 Å². The van der Waals surface area contributed by atoms with E-state index in [4.69, 9.17) is 4.42 Å². The van der Waals surface area contributed by atoms with Gasteiger partial charge in [0, 0.05) is 0 Å². The molecule has 4 heteroatoms. The van der Waals surface area contributed by atoms with Crippen LogP contribution in [0.4, 0.5) is 0 Å². The lowest BCUT2D eigenvalue weighted by Gasteiger charge is -2.05. The molecular weight excluding hydrogens is 196 g/mol. The van der Waals surface area contributed by atoms with E-state index in [0.29, 0.717) is 0 Å². The summed E-state index contributed by atoms with van der Waals surface area (Å²) in [6.45, 7) is 3.05. The van der Waals surface area contributed by atoms with Crippen molar-refractivity contribution in [2.24, 2.45) is 0 Å². The van der Waals surface area contributed by atoms with Crippen molar-refractivity contribution >= 4 is 11.8 Å². The Morgan fingerprint density at radius 2 is 1.93 bits per heavy atom. The minimum atomic E-state index is 0. The van der Waals surface area contributed by atoms with E-state index in [0.717, 1.165) is 29.6 Å². The fraction of sp³-hybridized carbons (Fsp3) is 0.600.